The lowest BCUT2D eigenvalue weighted by Crippen LogP contribution is -1.96. The smallest absolute Gasteiger partial charge is 0.183 e. The first-order chi connectivity index (χ1) is 6.75. The largest absolute Gasteiger partial charge is 0.357 e. The van der Waals surface area contributed by atoms with Gasteiger partial charge in [0.1, 0.15) is 0 Å². The van der Waals surface area contributed by atoms with E-state index in [-0.39, 0.29) is 0 Å². The van der Waals surface area contributed by atoms with Crippen LogP contribution >= 0.6 is 22.7 Å². The van der Waals surface area contributed by atoms with Crippen LogP contribution < -0.4 is 5.32 Å². The van der Waals surface area contributed by atoms with Crippen molar-refractivity contribution in [3.8, 4) is 0 Å². The number of nitrogens with zero attached hydrogens (tertiary/aromatic N) is 2. The van der Waals surface area contributed by atoms with Crippen molar-refractivity contribution in [3.63, 3.8) is 0 Å². The first kappa shape index (κ1) is 9.61. The molecule has 0 amide bonds. The van der Waals surface area contributed by atoms with Crippen molar-refractivity contribution in [3.05, 3.63) is 27.2 Å². The second-order valence-corrected chi connectivity index (χ2v) is 5.16. The zero-order valence-electron chi connectivity index (χ0n) is 8.07. The van der Waals surface area contributed by atoms with E-state index in [1.54, 1.807) is 22.7 Å². The number of thiazole rings is 2. The average molecular weight is 225 g/mol. The maximum Gasteiger partial charge on any atom is 0.183 e. The molecule has 3 nitrogen and oxygen atoms in total. The molecule has 0 saturated carbocycles. The third-order valence-corrected chi connectivity index (χ3v) is 3.74. The van der Waals surface area contributed by atoms with Crippen LogP contribution in [0.5, 0.6) is 0 Å². The van der Waals surface area contributed by atoms with Gasteiger partial charge in [0.25, 0.3) is 0 Å². The Labute approximate surface area is 90.9 Å². The van der Waals surface area contributed by atoms with Gasteiger partial charge in [0.15, 0.2) is 5.13 Å². The van der Waals surface area contributed by atoms with E-state index in [2.05, 4.69) is 22.2 Å². The van der Waals surface area contributed by atoms with Crippen LogP contribution in [0.15, 0.2) is 11.7 Å². The maximum atomic E-state index is 4.40. The van der Waals surface area contributed by atoms with Gasteiger partial charge < -0.3 is 5.32 Å². The highest BCUT2D eigenvalue weighted by Gasteiger charge is 2.02. The summed E-state index contributed by atoms with van der Waals surface area (Å²) in [5.41, 5.74) is 2.96. The standard InChI is InChI=1S/C9H11N3S2/c1-6-7(2)14-9(12-6)11-4-8-3-10-5-13-8/h3,5H,4H2,1-2H3,(H,11,12). The highest BCUT2D eigenvalue weighted by Crippen LogP contribution is 2.21. The number of rotatable bonds is 3. The summed E-state index contributed by atoms with van der Waals surface area (Å²) in [5, 5.41) is 4.28. The molecular formula is C9H11N3S2. The predicted molar refractivity (Wildman–Crippen MR) is 61.0 cm³/mol. The van der Waals surface area contributed by atoms with Crippen molar-refractivity contribution < 1.29 is 0 Å². The number of aromatic nitrogens is 2. The zero-order chi connectivity index (χ0) is 9.97. The highest BCUT2D eigenvalue weighted by molar-refractivity contribution is 7.15. The van der Waals surface area contributed by atoms with Gasteiger partial charge in [-0.25, -0.2) is 4.98 Å². The molecular weight excluding hydrogens is 214 g/mol. The molecule has 74 valence electrons. The molecule has 2 aromatic heterocycles. The Balaban J connectivity index is 1.98. The van der Waals surface area contributed by atoms with E-state index < -0.39 is 0 Å². The van der Waals surface area contributed by atoms with Crippen LogP contribution in [0, 0.1) is 13.8 Å². The van der Waals surface area contributed by atoms with E-state index >= 15 is 0 Å². The molecule has 0 aliphatic carbocycles. The van der Waals surface area contributed by atoms with E-state index in [1.807, 2.05) is 18.6 Å². The lowest BCUT2D eigenvalue weighted by Gasteiger charge is -1.97. The fourth-order valence-corrected chi connectivity index (χ4v) is 2.39. The molecule has 0 aliphatic heterocycles. The first-order valence-corrected chi connectivity index (χ1v) is 6.00. The average Bonchev–Trinajstić information content (AvgIpc) is 2.74. The van der Waals surface area contributed by atoms with Gasteiger partial charge in [0.05, 0.1) is 17.7 Å². The minimum absolute atomic E-state index is 0.817. The van der Waals surface area contributed by atoms with Gasteiger partial charge in [0, 0.05) is 16.0 Å². The lowest BCUT2D eigenvalue weighted by atomic mass is 10.4. The summed E-state index contributed by atoms with van der Waals surface area (Å²) < 4.78 is 0. The summed E-state index contributed by atoms with van der Waals surface area (Å²) >= 11 is 3.35. The number of nitrogens with one attached hydrogen (secondary N) is 1. The summed E-state index contributed by atoms with van der Waals surface area (Å²) in [6.45, 7) is 4.94. The molecule has 0 bridgehead atoms. The Morgan fingerprint density at radius 2 is 2.29 bits per heavy atom. The topological polar surface area (TPSA) is 37.8 Å². The quantitative estimate of drug-likeness (QED) is 0.873. The Morgan fingerprint density at radius 3 is 2.86 bits per heavy atom. The van der Waals surface area contributed by atoms with E-state index in [0.29, 0.717) is 0 Å². The van der Waals surface area contributed by atoms with Crippen LogP contribution in [0.2, 0.25) is 0 Å². The molecule has 2 rings (SSSR count). The minimum atomic E-state index is 0.817. The first-order valence-electron chi connectivity index (χ1n) is 4.31. The summed E-state index contributed by atoms with van der Waals surface area (Å²) in [6.07, 6.45) is 1.88. The van der Waals surface area contributed by atoms with Gasteiger partial charge in [-0.05, 0) is 13.8 Å². The fraction of sp³-hybridized carbons (Fsp3) is 0.333. The molecule has 0 spiro atoms. The summed E-state index contributed by atoms with van der Waals surface area (Å²) in [6, 6.07) is 0. The molecule has 14 heavy (non-hydrogen) atoms. The Hall–Kier alpha value is -0.940. The normalized spacial score (nSPS) is 10.4. The number of aryl methyl sites for hydroxylation is 2. The Bertz CT molecular complexity index is 386. The van der Waals surface area contributed by atoms with Gasteiger partial charge in [-0.2, -0.15) is 0 Å². The highest BCUT2D eigenvalue weighted by atomic mass is 32.1. The molecule has 0 aliphatic rings. The maximum absolute atomic E-state index is 4.40. The van der Waals surface area contributed by atoms with E-state index in [9.17, 15) is 0 Å². The number of anilines is 1. The molecule has 2 heterocycles. The molecule has 2 aromatic rings. The number of hydrogen-bond donors (Lipinski definition) is 1. The Morgan fingerprint density at radius 1 is 1.43 bits per heavy atom. The van der Waals surface area contributed by atoms with Gasteiger partial charge in [-0.15, -0.1) is 22.7 Å². The summed E-state index contributed by atoms with van der Waals surface area (Å²) in [5.74, 6) is 0. The molecule has 0 unspecified atom stereocenters. The Kier molecular flexibility index (Phi) is 2.79. The van der Waals surface area contributed by atoms with Crippen molar-refractivity contribution in [2.75, 3.05) is 5.32 Å². The monoisotopic (exact) mass is 225 g/mol. The van der Waals surface area contributed by atoms with E-state index in [4.69, 9.17) is 0 Å². The number of hydrogen-bond acceptors (Lipinski definition) is 5. The van der Waals surface area contributed by atoms with Crippen molar-refractivity contribution in [1.29, 1.82) is 0 Å². The van der Waals surface area contributed by atoms with Crippen LogP contribution in [0.3, 0.4) is 0 Å². The molecule has 0 atom stereocenters. The second kappa shape index (κ2) is 4.06. The van der Waals surface area contributed by atoms with Crippen LogP contribution in [0.4, 0.5) is 5.13 Å². The summed E-state index contributed by atoms with van der Waals surface area (Å²) in [4.78, 5) is 10.9. The SMILES string of the molecule is Cc1nc(NCc2cncs2)sc1C. The third kappa shape index (κ3) is 2.10. The van der Waals surface area contributed by atoms with E-state index in [1.165, 1.54) is 9.75 Å². The molecule has 0 fully saturated rings. The predicted octanol–water partition coefficient (Wildman–Crippen LogP) is 2.83. The van der Waals surface area contributed by atoms with Crippen molar-refractivity contribution >= 4 is 27.8 Å². The lowest BCUT2D eigenvalue weighted by molar-refractivity contribution is 1.13. The van der Waals surface area contributed by atoms with Crippen molar-refractivity contribution in [2.45, 2.75) is 20.4 Å². The minimum Gasteiger partial charge on any atom is -0.357 e. The van der Waals surface area contributed by atoms with E-state index in [0.717, 1.165) is 17.4 Å². The van der Waals surface area contributed by atoms with Gasteiger partial charge in [0.2, 0.25) is 0 Å². The van der Waals surface area contributed by atoms with Gasteiger partial charge >= 0.3 is 0 Å². The second-order valence-electron chi connectivity index (χ2n) is 2.98. The molecule has 0 radical (unpaired) electrons. The van der Waals surface area contributed by atoms with Crippen LogP contribution in [0.25, 0.3) is 0 Å². The van der Waals surface area contributed by atoms with Gasteiger partial charge in [-0.1, -0.05) is 0 Å². The zero-order valence-corrected chi connectivity index (χ0v) is 9.71. The van der Waals surface area contributed by atoms with Crippen LogP contribution in [0.1, 0.15) is 15.4 Å². The van der Waals surface area contributed by atoms with Crippen LogP contribution in [-0.2, 0) is 6.54 Å². The molecule has 0 aromatic carbocycles. The fourth-order valence-electron chi connectivity index (χ4n) is 1.04. The van der Waals surface area contributed by atoms with Gasteiger partial charge in [-0.3, -0.25) is 4.98 Å². The molecule has 0 saturated heterocycles. The summed E-state index contributed by atoms with van der Waals surface area (Å²) in [7, 11) is 0. The molecule has 1 N–H and O–H groups in total. The van der Waals surface area contributed by atoms with Crippen molar-refractivity contribution in [1.82, 2.24) is 9.97 Å². The third-order valence-electron chi connectivity index (χ3n) is 1.93. The van der Waals surface area contributed by atoms with Crippen molar-refractivity contribution in [2.24, 2.45) is 0 Å². The van der Waals surface area contributed by atoms with Crippen LogP contribution in [-0.4, -0.2) is 9.97 Å². The molecule has 5 heteroatoms.